The lowest BCUT2D eigenvalue weighted by molar-refractivity contribution is -0.135. The molecule has 110 valence electrons. The average Bonchev–Trinajstić information content (AvgIpc) is 2.82. The van der Waals surface area contributed by atoms with E-state index in [2.05, 4.69) is 42.9 Å². The van der Waals surface area contributed by atoms with Gasteiger partial charge >= 0.3 is 0 Å². The number of likely N-dealkylation sites (tertiary alicyclic amines) is 1. The molecule has 1 saturated heterocycles. The van der Waals surface area contributed by atoms with Crippen LogP contribution in [0, 0.1) is 16.7 Å². The number of hydrogen-bond acceptors (Lipinski definition) is 3. The van der Waals surface area contributed by atoms with Gasteiger partial charge in [0.2, 0.25) is 5.91 Å². The van der Waals surface area contributed by atoms with Crippen LogP contribution in [0.15, 0.2) is 12.4 Å². The van der Waals surface area contributed by atoms with Crippen LogP contribution in [0.5, 0.6) is 0 Å². The van der Waals surface area contributed by atoms with E-state index >= 15 is 0 Å². The van der Waals surface area contributed by atoms with Gasteiger partial charge in [0.25, 0.3) is 0 Å². The Kier molecular flexibility index (Phi) is 2.92. The van der Waals surface area contributed by atoms with Gasteiger partial charge in [-0.15, -0.1) is 5.10 Å². The normalized spacial score (nSPS) is 25.7. The maximum atomic E-state index is 12.7. The molecule has 1 amide bonds. The Morgan fingerprint density at radius 2 is 1.75 bits per heavy atom. The largest absolute Gasteiger partial charge is 0.342 e. The first-order valence-electron chi connectivity index (χ1n) is 7.50. The highest BCUT2D eigenvalue weighted by Crippen LogP contribution is 2.68. The molecule has 2 fully saturated rings. The maximum Gasteiger partial charge on any atom is 0.226 e. The lowest BCUT2D eigenvalue weighted by Crippen LogP contribution is -2.41. The van der Waals surface area contributed by atoms with Crippen LogP contribution in [-0.4, -0.2) is 38.9 Å². The molecule has 1 aliphatic carbocycles. The summed E-state index contributed by atoms with van der Waals surface area (Å²) >= 11 is 0. The fraction of sp³-hybridized carbons (Fsp3) is 0.800. The third-order valence-electron chi connectivity index (χ3n) is 5.86. The fourth-order valence-corrected chi connectivity index (χ4v) is 3.76. The number of piperidine rings is 1. The zero-order valence-electron chi connectivity index (χ0n) is 12.8. The standard InChI is InChI=1S/C15H24N4O/c1-14(2)12(15(14,3)4)13(20)18-8-5-11(6-9-18)19-10-7-16-17-19/h7,10-12H,5-6,8-9H2,1-4H3. The summed E-state index contributed by atoms with van der Waals surface area (Å²) in [5.41, 5.74) is 0.264. The van der Waals surface area contributed by atoms with E-state index in [9.17, 15) is 4.79 Å². The highest BCUT2D eigenvalue weighted by atomic mass is 16.2. The molecular weight excluding hydrogens is 252 g/mol. The number of aromatic nitrogens is 3. The van der Waals surface area contributed by atoms with E-state index in [1.165, 1.54) is 0 Å². The van der Waals surface area contributed by atoms with E-state index in [1.807, 2.05) is 10.9 Å². The van der Waals surface area contributed by atoms with E-state index < -0.39 is 0 Å². The van der Waals surface area contributed by atoms with Gasteiger partial charge in [-0.25, -0.2) is 4.68 Å². The van der Waals surface area contributed by atoms with Crippen LogP contribution in [-0.2, 0) is 4.79 Å². The molecule has 0 radical (unpaired) electrons. The zero-order valence-corrected chi connectivity index (χ0v) is 12.8. The van der Waals surface area contributed by atoms with E-state index in [4.69, 9.17) is 0 Å². The number of nitrogens with zero attached hydrogens (tertiary/aromatic N) is 4. The second kappa shape index (κ2) is 4.30. The lowest BCUT2D eigenvalue weighted by atomic mass is 10.0. The van der Waals surface area contributed by atoms with Crippen molar-refractivity contribution in [1.29, 1.82) is 0 Å². The van der Waals surface area contributed by atoms with Crippen molar-refractivity contribution in [3.05, 3.63) is 12.4 Å². The molecule has 0 atom stereocenters. The Labute approximate surface area is 120 Å². The SMILES string of the molecule is CC1(C)C(C(=O)N2CCC(n3ccnn3)CC2)C1(C)C. The molecule has 0 spiro atoms. The Morgan fingerprint density at radius 3 is 2.20 bits per heavy atom. The first kappa shape index (κ1) is 13.6. The van der Waals surface area contributed by atoms with Gasteiger partial charge in [-0.05, 0) is 23.7 Å². The Morgan fingerprint density at radius 1 is 1.15 bits per heavy atom. The van der Waals surface area contributed by atoms with Crippen LogP contribution >= 0.6 is 0 Å². The first-order valence-corrected chi connectivity index (χ1v) is 7.50. The highest BCUT2D eigenvalue weighted by molar-refractivity contribution is 5.84. The molecule has 2 aliphatic rings. The molecule has 1 saturated carbocycles. The summed E-state index contributed by atoms with van der Waals surface area (Å²) in [5.74, 6) is 0.523. The molecule has 5 nitrogen and oxygen atoms in total. The number of hydrogen-bond donors (Lipinski definition) is 0. The molecule has 3 rings (SSSR count). The van der Waals surface area contributed by atoms with Crippen molar-refractivity contribution in [2.75, 3.05) is 13.1 Å². The second-order valence-corrected chi connectivity index (χ2v) is 7.32. The monoisotopic (exact) mass is 276 g/mol. The molecule has 0 bridgehead atoms. The molecule has 1 aromatic heterocycles. The summed E-state index contributed by atoms with van der Waals surface area (Å²) < 4.78 is 1.92. The topological polar surface area (TPSA) is 51.0 Å². The summed E-state index contributed by atoms with van der Waals surface area (Å²) in [5, 5.41) is 7.93. The summed E-state index contributed by atoms with van der Waals surface area (Å²) in [7, 11) is 0. The number of carbonyl (C=O) groups excluding carboxylic acids is 1. The van der Waals surface area contributed by atoms with Crippen molar-refractivity contribution in [3.8, 4) is 0 Å². The minimum Gasteiger partial charge on any atom is -0.342 e. The van der Waals surface area contributed by atoms with E-state index in [-0.39, 0.29) is 16.7 Å². The van der Waals surface area contributed by atoms with Gasteiger partial charge in [0, 0.05) is 25.2 Å². The van der Waals surface area contributed by atoms with Gasteiger partial charge in [-0.3, -0.25) is 4.79 Å². The van der Waals surface area contributed by atoms with Gasteiger partial charge in [-0.1, -0.05) is 32.9 Å². The van der Waals surface area contributed by atoms with E-state index in [1.54, 1.807) is 6.20 Å². The number of amides is 1. The molecule has 1 aromatic rings. The van der Waals surface area contributed by atoms with Crippen molar-refractivity contribution in [2.45, 2.75) is 46.6 Å². The molecule has 0 aromatic carbocycles. The fourth-order valence-electron chi connectivity index (χ4n) is 3.76. The predicted octanol–water partition coefficient (Wildman–Crippen LogP) is 2.12. The maximum absolute atomic E-state index is 12.7. The Balaban J connectivity index is 1.61. The summed E-state index contributed by atoms with van der Waals surface area (Å²) in [4.78, 5) is 14.7. The lowest BCUT2D eigenvalue weighted by Gasteiger charge is -2.32. The average molecular weight is 276 g/mol. The summed E-state index contributed by atoms with van der Waals surface area (Å²) in [6.45, 7) is 10.5. The Bertz CT molecular complexity index is 484. The van der Waals surface area contributed by atoms with Crippen LogP contribution < -0.4 is 0 Å². The molecular formula is C15H24N4O. The highest BCUT2D eigenvalue weighted by Gasteiger charge is 2.68. The van der Waals surface area contributed by atoms with Gasteiger partial charge in [-0.2, -0.15) is 0 Å². The summed E-state index contributed by atoms with van der Waals surface area (Å²) in [6, 6.07) is 0.391. The molecule has 20 heavy (non-hydrogen) atoms. The smallest absolute Gasteiger partial charge is 0.226 e. The first-order chi connectivity index (χ1) is 9.35. The number of rotatable bonds is 2. The van der Waals surface area contributed by atoms with Gasteiger partial charge in [0.15, 0.2) is 0 Å². The second-order valence-electron chi connectivity index (χ2n) is 7.32. The minimum atomic E-state index is 0.132. The summed E-state index contributed by atoms with van der Waals surface area (Å²) in [6.07, 6.45) is 5.58. The zero-order chi connectivity index (χ0) is 14.5. The van der Waals surface area contributed by atoms with Gasteiger partial charge < -0.3 is 4.90 Å². The van der Waals surface area contributed by atoms with Gasteiger partial charge in [0.05, 0.1) is 12.2 Å². The molecule has 1 aliphatic heterocycles. The molecule has 2 heterocycles. The minimum absolute atomic E-state index is 0.132. The van der Waals surface area contributed by atoms with Crippen molar-refractivity contribution in [3.63, 3.8) is 0 Å². The molecule has 0 N–H and O–H groups in total. The quantitative estimate of drug-likeness (QED) is 0.831. The van der Waals surface area contributed by atoms with E-state index in [0.29, 0.717) is 11.9 Å². The molecule has 0 unspecified atom stereocenters. The third-order valence-corrected chi connectivity index (χ3v) is 5.86. The number of carbonyl (C=O) groups is 1. The van der Waals surface area contributed by atoms with Crippen LogP contribution in [0.25, 0.3) is 0 Å². The van der Waals surface area contributed by atoms with Crippen LogP contribution in [0.4, 0.5) is 0 Å². The molecule has 5 heteroatoms. The third kappa shape index (κ3) is 1.86. The Hall–Kier alpha value is -1.39. The van der Waals surface area contributed by atoms with Crippen LogP contribution in [0.3, 0.4) is 0 Å². The van der Waals surface area contributed by atoms with Crippen molar-refractivity contribution >= 4 is 5.91 Å². The van der Waals surface area contributed by atoms with Crippen molar-refractivity contribution in [2.24, 2.45) is 16.7 Å². The van der Waals surface area contributed by atoms with Crippen molar-refractivity contribution in [1.82, 2.24) is 19.9 Å². The van der Waals surface area contributed by atoms with Crippen molar-refractivity contribution < 1.29 is 4.79 Å². The predicted molar refractivity (Wildman–Crippen MR) is 75.9 cm³/mol. The van der Waals surface area contributed by atoms with E-state index in [0.717, 1.165) is 25.9 Å². The van der Waals surface area contributed by atoms with Crippen LogP contribution in [0.2, 0.25) is 0 Å². The van der Waals surface area contributed by atoms with Crippen LogP contribution in [0.1, 0.15) is 46.6 Å². The van der Waals surface area contributed by atoms with Gasteiger partial charge in [0.1, 0.15) is 0 Å².